The highest BCUT2D eigenvalue weighted by molar-refractivity contribution is 5.36. The van der Waals surface area contributed by atoms with E-state index in [0.717, 1.165) is 12.2 Å². The van der Waals surface area contributed by atoms with Gasteiger partial charge in [-0.3, -0.25) is 0 Å². The molecule has 2 heteroatoms. The average Bonchev–Trinajstić information content (AvgIpc) is 2.93. The van der Waals surface area contributed by atoms with Crippen LogP contribution >= 0.6 is 0 Å². The van der Waals surface area contributed by atoms with Crippen molar-refractivity contribution in [3.05, 3.63) is 29.8 Å². The Morgan fingerprint density at radius 3 is 2.59 bits per heavy atom. The fourth-order valence-electron chi connectivity index (χ4n) is 2.38. The van der Waals surface area contributed by atoms with Crippen LogP contribution in [0.3, 0.4) is 0 Å². The number of hydrogen-bond donors (Lipinski definition) is 1. The van der Waals surface area contributed by atoms with Crippen LogP contribution in [0.1, 0.15) is 45.2 Å². The van der Waals surface area contributed by atoms with Gasteiger partial charge in [-0.1, -0.05) is 39.0 Å². The van der Waals surface area contributed by atoms with Crippen molar-refractivity contribution in [3.63, 3.8) is 0 Å². The molecule has 0 bridgehead atoms. The molecule has 1 fully saturated rings. The van der Waals surface area contributed by atoms with Gasteiger partial charge in [-0.25, -0.2) is 0 Å². The van der Waals surface area contributed by atoms with Crippen LogP contribution in [0.25, 0.3) is 0 Å². The van der Waals surface area contributed by atoms with E-state index < -0.39 is 0 Å². The minimum atomic E-state index is 0.401. The first-order valence-electron chi connectivity index (χ1n) is 6.47. The van der Waals surface area contributed by atoms with Crippen molar-refractivity contribution in [1.82, 2.24) is 5.32 Å². The number of para-hydroxylation sites is 1. The number of hydrogen-bond acceptors (Lipinski definition) is 2. The first-order valence-corrected chi connectivity index (χ1v) is 6.47. The maximum Gasteiger partial charge on any atom is 0.123 e. The van der Waals surface area contributed by atoms with E-state index in [9.17, 15) is 0 Å². The van der Waals surface area contributed by atoms with E-state index in [1.54, 1.807) is 7.11 Å². The zero-order chi connectivity index (χ0) is 12.5. The van der Waals surface area contributed by atoms with Crippen molar-refractivity contribution in [1.29, 1.82) is 0 Å². The molecule has 17 heavy (non-hydrogen) atoms. The monoisotopic (exact) mass is 233 g/mol. The predicted molar refractivity (Wildman–Crippen MR) is 71.3 cm³/mol. The van der Waals surface area contributed by atoms with Gasteiger partial charge in [0, 0.05) is 17.6 Å². The summed E-state index contributed by atoms with van der Waals surface area (Å²) in [4.78, 5) is 0. The molecule has 0 heterocycles. The Bertz CT molecular complexity index is 386. The Morgan fingerprint density at radius 1 is 1.41 bits per heavy atom. The highest BCUT2D eigenvalue weighted by atomic mass is 16.5. The molecule has 0 spiro atoms. The standard InChI is InChI=1S/C15H23NO/c1-5-12(16-14-10-15(14,2)3)11-8-6-7-9-13(11)17-4/h6-9,12,14,16H,5,10H2,1-4H3. The van der Waals surface area contributed by atoms with Crippen molar-refractivity contribution in [3.8, 4) is 5.75 Å². The maximum absolute atomic E-state index is 5.44. The lowest BCUT2D eigenvalue weighted by Gasteiger charge is -2.21. The van der Waals surface area contributed by atoms with Gasteiger partial charge in [-0.15, -0.1) is 0 Å². The van der Waals surface area contributed by atoms with Crippen molar-refractivity contribution >= 4 is 0 Å². The van der Waals surface area contributed by atoms with E-state index in [1.807, 2.05) is 12.1 Å². The third-order valence-corrected chi connectivity index (χ3v) is 3.84. The summed E-state index contributed by atoms with van der Waals surface area (Å²) in [7, 11) is 1.74. The fourth-order valence-corrected chi connectivity index (χ4v) is 2.38. The van der Waals surface area contributed by atoms with Crippen LogP contribution in [0, 0.1) is 5.41 Å². The van der Waals surface area contributed by atoms with E-state index in [4.69, 9.17) is 4.74 Å². The summed E-state index contributed by atoms with van der Waals surface area (Å²) in [6.07, 6.45) is 2.37. The molecule has 1 aliphatic carbocycles. The van der Waals surface area contributed by atoms with Gasteiger partial charge in [0.25, 0.3) is 0 Å². The number of rotatable bonds is 5. The average molecular weight is 233 g/mol. The largest absolute Gasteiger partial charge is 0.496 e. The third-order valence-electron chi connectivity index (χ3n) is 3.84. The summed E-state index contributed by atoms with van der Waals surface area (Å²) in [5.74, 6) is 0.991. The molecule has 0 saturated heterocycles. The lowest BCUT2D eigenvalue weighted by Crippen LogP contribution is -2.26. The van der Waals surface area contributed by atoms with Gasteiger partial charge in [0.05, 0.1) is 7.11 Å². The number of nitrogens with one attached hydrogen (secondary N) is 1. The smallest absolute Gasteiger partial charge is 0.123 e. The third kappa shape index (κ3) is 2.63. The molecular formula is C15H23NO. The van der Waals surface area contributed by atoms with Crippen LogP contribution in [0.2, 0.25) is 0 Å². The molecule has 2 atom stereocenters. The van der Waals surface area contributed by atoms with Crippen molar-refractivity contribution < 1.29 is 4.74 Å². The Balaban J connectivity index is 2.12. The van der Waals surface area contributed by atoms with Crippen LogP contribution < -0.4 is 10.1 Å². The zero-order valence-electron chi connectivity index (χ0n) is 11.3. The summed E-state index contributed by atoms with van der Waals surface area (Å²) in [5.41, 5.74) is 1.75. The van der Waals surface area contributed by atoms with Gasteiger partial charge in [-0.2, -0.15) is 0 Å². The van der Waals surface area contributed by atoms with Crippen molar-refractivity contribution in [2.45, 2.75) is 45.7 Å². The van der Waals surface area contributed by atoms with Gasteiger partial charge in [0.1, 0.15) is 5.75 Å². The van der Waals surface area contributed by atoms with E-state index >= 15 is 0 Å². The molecule has 2 unspecified atom stereocenters. The van der Waals surface area contributed by atoms with Gasteiger partial charge >= 0.3 is 0 Å². The molecular weight excluding hydrogens is 210 g/mol. The molecule has 2 nitrogen and oxygen atoms in total. The molecule has 0 aromatic heterocycles. The van der Waals surface area contributed by atoms with Gasteiger partial charge in [-0.05, 0) is 24.3 Å². The molecule has 1 aliphatic rings. The normalized spacial score (nSPS) is 23.2. The maximum atomic E-state index is 5.44. The van der Waals surface area contributed by atoms with E-state index in [1.165, 1.54) is 12.0 Å². The zero-order valence-corrected chi connectivity index (χ0v) is 11.3. The summed E-state index contributed by atoms with van der Waals surface area (Å²) >= 11 is 0. The van der Waals surface area contributed by atoms with Crippen LogP contribution in [0.4, 0.5) is 0 Å². The van der Waals surface area contributed by atoms with Gasteiger partial charge in [0.2, 0.25) is 0 Å². The molecule has 0 radical (unpaired) electrons. The van der Waals surface area contributed by atoms with Gasteiger partial charge in [0.15, 0.2) is 0 Å². The lowest BCUT2D eigenvalue weighted by atomic mass is 10.0. The molecule has 0 aliphatic heterocycles. The van der Waals surface area contributed by atoms with Crippen LogP contribution in [0.15, 0.2) is 24.3 Å². The fraction of sp³-hybridized carbons (Fsp3) is 0.600. The summed E-state index contributed by atoms with van der Waals surface area (Å²) in [6.45, 7) is 6.86. The Kier molecular flexibility index (Phi) is 3.43. The van der Waals surface area contributed by atoms with Crippen LogP contribution in [-0.2, 0) is 0 Å². The molecule has 1 aromatic rings. The first kappa shape index (κ1) is 12.4. The summed E-state index contributed by atoms with van der Waals surface area (Å²) < 4.78 is 5.44. The number of ether oxygens (including phenoxy) is 1. The van der Waals surface area contributed by atoms with Crippen molar-refractivity contribution in [2.75, 3.05) is 7.11 Å². The topological polar surface area (TPSA) is 21.3 Å². The first-order chi connectivity index (χ1) is 8.08. The molecule has 94 valence electrons. The molecule has 1 saturated carbocycles. The van der Waals surface area contributed by atoms with E-state index in [2.05, 4.69) is 38.2 Å². The molecule has 1 N–H and O–H groups in total. The van der Waals surface area contributed by atoms with Crippen molar-refractivity contribution in [2.24, 2.45) is 5.41 Å². The van der Waals surface area contributed by atoms with Crippen LogP contribution in [-0.4, -0.2) is 13.2 Å². The highest BCUT2D eigenvalue weighted by Crippen LogP contribution is 2.46. The summed E-state index contributed by atoms with van der Waals surface area (Å²) in [6, 6.07) is 9.36. The van der Waals surface area contributed by atoms with Gasteiger partial charge < -0.3 is 10.1 Å². The number of methoxy groups -OCH3 is 1. The Labute approximate surface area is 104 Å². The predicted octanol–water partition coefficient (Wildman–Crippen LogP) is 3.53. The minimum Gasteiger partial charge on any atom is -0.496 e. The summed E-state index contributed by atoms with van der Waals surface area (Å²) in [5, 5.41) is 3.74. The highest BCUT2D eigenvalue weighted by Gasteiger charge is 2.46. The quantitative estimate of drug-likeness (QED) is 0.840. The second kappa shape index (κ2) is 4.69. The Morgan fingerprint density at radius 2 is 2.06 bits per heavy atom. The SMILES string of the molecule is CCC(NC1CC1(C)C)c1ccccc1OC. The van der Waals surface area contributed by atoms with Crippen LogP contribution in [0.5, 0.6) is 5.75 Å². The lowest BCUT2D eigenvalue weighted by molar-refractivity contribution is 0.391. The molecule has 1 aromatic carbocycles. The Hall–Kier alpha value is -1.02. The second-order valence-electron chi connectivity index (χ2n) is 5.61. The molecule has 0 amide bonds. The number of benzene rings is 1. The molecule has 2 rings (SSSR count). The second-order valence-corrected chi connectivity index (χ2v) is 5.61. The van der Waals surface area contributed by atoms with E-state index in [0.29, 0.717) is 17.5 Å². The van der Waals surface area contributed by atoms with E-state index in [-0.39, 0.29) is 0 Å². The minimum absolute atomic E-state index is 0.401.